The number of benzene rings is 1. The largest absolute Gasteiger partial charge is 0.465 e. The topological polar surface area (TPSA) is 72.5 Å². The van der Waals surface area contributed by atoms with Crippen LogP contribution in [0.5, 0.6) is 0 Å². The highest BCUT2D eigenvalue weighted by atomic mass is 35.5. The lowest BCUT2D eigenvalue weighted by molar-refractivity contribution is 0.0602. The molecule has 0 spiro atoms. The summed E-state index contributed by atoms with van der Waals surface area (Å²) in [6.45, 7) is 0. The van der Waals surface area contributed by atoms with Crippen molar-refractivity contribution in [3.63, 3.8) is 0 Å². The van der Waals surface area contributed by atoms with Crippen molar-refractivity contribution < 1.29 is 17.9 Å². The Bertz CT molecular complexity index is 739. The maximum Gasteiger partial charge on any atom is 0.349 e. The zero-order valence-corrected chi connectivity index (χ0v) is 12.7. The lowest BCUT2D eigenvalue weighted by Gasteiger charge is -2.08. The minimum absolute atomic E-state index is 0.0297. The van der Waals surface area contributed by atoms with Gasteiger partial charge in [0.2, 0.25) is 0 Å². The van der Waals surface area contributed by atoms with Crippen LogP contribution in [-0.4, -0.2) is 21.5 Å². The van der Waals surface area contributed by atoms with Gasteiger partial charge >= 0.3 is 5.97 Å². The molecule has 0 saturated carbocycles. The van der Waals surface area contributed by atoms with Gasteiger partial charge < -0.3 is 4.74 Å². The van der Waals surface area contributed by atoms with E-state index in [-0.39, 0.29) is 9.77 Å². The second-order valence-corrected chi connectivity index (χ2v) is 6.72. The molecule has 0 saturated heterocycles. The molecule has 0 fully saturated rings. The van der Waals surface area contributed by atoms with E-state index in [2.05, 4.69) is 9.46 Å². The molecule has 1 N–H and O–H groups in total. The quantitative estimate of drug-likeness (QED) is 0.874. The Kier molecular flexibility index (Phi) is 4.32. The lowest BCUT2D eigenvalue weighted by atomic mass is 10.3. The van der Waals surface area contributed by atoms with Crippen LogP contribution in [0, 0.1) is 0 Å². The predicted octanol–water partition coefficient (Wildman–Crippen LogP) is 2.99. The number of carbonyl (C=O) groups is 1. The van der Waals surface area contributed by atoms with Crippen molar-refractivity contribution in [2.75, 3.05) is 11.8 Å². The highest BCUT2D eigenvalue weighted by Crippen LogP contribution is 2.25. The molecule has 1 aromatic heterocycles. The van der Waals surface area contributed by atoms with Gasteiger partial charge in [-0.3, -0.25) is 4.72 Å². The van der Waals surface area contributed by atoms with Gasteiger partial charge in [-0.05, 0) is 29.6 Å². The molecule has 0 amide bonds. The fourth-order valence-electron chi connectivity index (χ4n) is 1.51. The second kappa shape index (κ2) is 5.82. The van der Waals surface area contributed by atoms with E-state index in [1.165, 1.54) is 24.6 Å². The molecule has 5 nitrogen and oxygen atoms in total. The van der Waals surface area contributed by atoms with Gasteiger partial charge in [0.25, 0.3) is 10.0 Å². The van der Waals surface area contributed by atoms with Crippen LogP contribution in [0.4, 0.5) is 5.69 Å². The summed E-state index contributed by atoms with van der Waals surface area (Å²) in [5, 5.41) is 1.92. The summed E-state index contributed by atoms with van der Waals surface area (Å²) in [4.78, 5) is 11.4. The number of hydrogen-bond donors (Lipinski definition) is 1. The number of nitrogens with one attached hydrogen (secondary N) is 1. The van der Waals surface area contributed by atoms with Gasteiger partial charge in [-0.1, -0.05) is 17.7 Å². The fourth-order valence-corrected chi connectivity index (χ4v) is 4.09. The number of hydrogen-bond acceptors (Lipinski definition) is 5. The van der Waals surface area contributed by atoms with E-state index in [0.29, 0.717) is 10.7 Å². The van der Waals surface area contributed by atoms with E-state index in [4.69, 9.17) is 11.6 Å². The van der Waals surface area contributed by atoms with Crippen molar-refractivity contribution in [2.24, 2.45) is 0 Å². The Morgan fingerprint density at radius 1 is 1.35 bits per heavy atom. The van der Waals surface area contributed by atoms with Crippen LogP contribution in [-0.2, 0) is 14.8 Å². The zero-order chi connectivity index (χ0) is 14.8. The van der Waals surface area contributed by atoms with Gasteiger partial charge in [0.05, 0.1) is 12.8 Å². The minimum atomic E-state index is -3.87. The number of rotatable bonds is 4. The second-order valence-electron chi connectivity index (χ2n) is 3.72. The van der Waals surface area contributed by atoms with E-state index >= 15 is 0 Å². The predicted molar refractivity (Wildman–Crippen MR) is 77.9 cm³/mol. The van der Waals surface area contributed by atoms with Gasteiger partial charge in [0, 0.05) is 5.02 Å². The average molecular weight is 332 g/mol. The molecule has 1 aromatic carbocycles. The van der Waals surface area contributed by atoms with Crippen LogP contribution in [0.25, 0.3) is 0 Å². The fraction of sp³-hybridized carbons (Fsp3) is 0.0833. The highest BCUT2D eigenvalue weighted by Gasteiger charge is 2.24. The molecule has 2 rings (SSSR count). The maximum absolute atomic E-state index is 12.3. The molecule has 0 aliphatic rings. The molecule has 1 heterocycles. The third-order valence-electron chi connectivity index (χ3n) is 2.37. The molecule has 0 unspecified atom stereocenters. The average Bonchev–Trinajstić information content (AvgIpc) is 2.87. The van der Waals surface area contributed by atoms with Crippen molar-refractivity contribution in [1.29, 1.82) is 0 Å². The Labute approximate surface area is 125 Å². The van der Waals surface area contributed by atoms with Crippen molar-refractivity contribution in [3.8, 4) is 0 Å². The summed E-state index contributed by atoms with van der Waals surface area (Å²) in [5.74, 6) is -0.688. The van der Waals surface area contributed by atoms with Gasteiger partial charge in [-0.25, -0.2) is 13.2 Å². The summed E-state index contributed by atoms with van der Waals surface area (Å²) >= 11 is 6.80. The van der Waals surface area contributed by atoms with Crippen LogP contribution < -0.4 is 4.72 Å². The SMILES string of the molecule is COC(=O)c1sccc1S(=O)(=O)Nc1cccc(Cl)c1. The van der Waals surface area contributed by atoms with Crippen molar-refractivity contribution in [2.45, 2.75) is 4.90 Å². The first-order chi connectivity index (χ1) is 9.44. The van der Waals surface area contributed by atoms with E-state index in [9.17, 15) is 13.2 Å². The standard InChI is InChI=1S/C12H10ClNO4S2/c1-18-12(15)11-10(5-6-19-11)20(16,17)14-9-4-2-3-8(13)7-9/h2-7,14H,1H3. The molecule has 0 bridgehead atoms. The number of carbonyl (C=O) groups excluding carboxylic acids is 1. The molecule has 8 heteroatoms. The number of sulfonamides is 1. The van der Waals surface area contributed by atoms with E-state index in [0.717, 1.165) is 11.3 Å². The zero-order valence-electron chi connectivity index (χ0n) is 10.3. The molecule has 0 aliphatic carbocycles. The molecule has 0 aliphatic heterocycles. The summed E-state index contributed by atoms with van der Waals surface area (Å²) in [5.41, 5.74) is 0.319. The molecule has 106 valence electrons. The van der Waals surface area contributed by atoms with E-state index in [1.807, 2.05) is 0 Å². The Morgan fingerprint density at radius 3 is 2.75 bits per heavy atom. The molecular formula is C12H10ClNO4S2. The monoisotopic (exact) mass is 331 g/mol. The summed E-state index contributed by atoms with van der Waals surface area (Å²) < 4.78 is 31.4. The van der Waals surface area contributed by atoms with Crippen LogP contribution in [0.3, 0.4) is 0 Å². The number of thiophene rings is 1. The number of ether oxygens (including phenoxy) is 1. The summed E-state index contributed by atoms with van der Waals surface area (Å²) in [6.07, 6.45) is 0. The van der Waals surface area contributed by atoms with Crippen LogP contribution in [0.1, 0.15) is 9.67 Å². The summed E-state index contributed by atoms with van der Waals surface area (Å²) in [6, 6.07) is 7.64. The van der Waals surface area contributed by atoms with Gasteiger partial charge in [0.15, 0.2) is 0 Å². The first kappa shape index (κ1) is 14.8. The van der Waals surface area contributed by atoms with Gasteiger partial charge in [-0.15, -0.1) is 11.3 Å². The molecule has 0 atom stereocenters. The smallest absolute Gasteiger partial charge is 0.349 e. The molecule has 2 aromatic rings. The van der Waals surface area contributed by atoms with Crippen molar-refractivity contribution in [1.82, 2.24) is 0 Å². The number of anilines is 1. The molecular weight excluding hydrogens is 322 g/mol. The Hall–Kier alpha value is -1.57. The lowest BCUT2D eigenvalue weighted by Crippen LogP contribution is -2.15. The minimum Gasteiger partial charge on any atom is -0.465 e. The van der Waals surface area contributed by atoms with Crippen LogP contribution >= 0.6 is 22.9 Å². The maximum atomic E-state index is 12.3. The third-order valence-corrected chi connectivity index (χ3v) is 5.05. The van der Waals surface area contributed by atoms with Gasteiger partial charge in [-0.2, -0.15) is 0 Å². The van der Waals surface area contributed by atoms with E-state index in [1.54, 1.807) is 18.2 Å². The first-order valence-electron chi connectivity index (χ1n) is 5.38. The highest BCUT2D eigenvalue weighted by molar-refractivity contribution is 7.93. The normalized spacial score (nSPS) is 11.1. The van der Waals surface area contributed by atoms with Gasteiger partial charge in [0.1, 0.15) is 9.77 Å². The van der Waals surface area contributed by atoms with E-state index < -0.39 is 16.0 Å². The first-order valence-corrected chi connectivity index (χ1v) is 8.12. The van der Waals surface area contributed by atoms with Crippen molar-refractivity contribution >= 4 is 44.6 Å². The number of halogens is 1. The van der Waals surface area contributed by atoms with Crippen LogP contribution in [0.2, 0.25) is 5.02 Å². The number of esters is 1. The number of methoxy groups -OCH3 is 1. The Morgan fingerprint density at radius 2 is 2.10 bits per heavy atom. The third kappa shape index (κ3) is 3.12. The molecule has 20 heavy (non-hydrogen) atoms. The Balaban J connectivity index is 2.36. The van der Waals surface area contributed by atoms with Crippen molar-refractivity contribution in [3.05, 3.63) is 45.6 Å². The van der Waals surface area contributed by atoms with Crippen LogP contribution in [0.15, 0.2) is 40.6 Å². The summed E-state index contributed by atoms with van der Waals surface area (Å²) in [7, 11) is -2.67. The molecule has 0 radical (unpaired) electrons.